The highest BCUT2D eigenvalue weighted by Crippen LogP contribution is 2.32. The summed E-state index contributed by atoms with van der Waals surface area (Å²) < 4.78 is 37.8. The van der Waals surface area contributed by atoms with Gasteiger partial charge in [0.25, 0.3) is 0 Å². The first-order valence-corrected chi connectivity index (χ1v) is 5.69. The van der Waals surface area contributed by atoms with Crippen LogP contribution in [0.3, 0.4) is 0 Å². The summed E-state index contributed by atoms with van der Waals surface area (Å²) in [6, 6.07) is 1.56. The second-order valence-electron chi connectivity index (χ2n) is 4.71. The van der Waals surface area contributed by atoms with E-state index in [1.807, 2.05) is 0 Å². The van der Waals surface area contributed by atoms with E-state index in [-0.39, 0.29) is 17.4 Å². The first kappa shape index (κ1) is 15.6. The number of amides is 1. The number of rotatable bonds is 4. The Kier molecular flexibility index (Phi) is 4.29. The summed E-state index contributed by atoms with van der Waals surface area (Å²) in [6.45, 7) is 3.24. The van der Waals surface area contributed by atoms with Gasteiger partial charge >= 0.3 is 6.18 Å². The summed E-state index contributed by atoms with van der Waals surface area (Å²) >= 11 is 5.55. The molecule has 19 heavy (non-hydrogen) atoms. The van der Waals surface area contributed by atoms with Crippen LogP contribution in [0.1, 0.15) is 25.8 Å². The van der Waals surface area contributed by atoms with E-state index >= 15 is 0 Å². The Morgan fingerprint density at radius 1 is 1.42 bits per heavy atom. The first-order valence-electron chi connectivity index (χ1n) is 5.31. The van der Waals surface area contributed by atoms with E-state index in [1.54, 1.807) is 13.8 Å². The number of pyridine rings is 1. The van der Waals surface area contributed by atoms with Crippen LogP contribution < -0.4 is 11.1 Å². The van der Waals surface area contributed by atoms with E-state index < -0.39 is 23.2 Å². The summed E-state index contributed by atoms with van der Waals surface area (Å²) in [5, 5.41) is 2.42. The van der Waals surface area contributed by atoms with Crippen molar-refractivity contribution < 1.29 is 18.0 Å². The number of nitrogens with one attached hydrogen (secondary N) is 1. The van der Waals surface area contributed by atoms with Crippen molar-refractivity contribution >= 4 is 23.3 Å². The molecule has 0 aromatic carbocycles. The number of alkyl halides is 3. The Balaban J connectivity index is 3.02. The maximum atomic E-state index is 12.6. The monoisotopic (exact) mass is 295 g/mol. The number of nitrogens with zero attached hydrogens (tertiary/aromatic N) is 1. The van der Waals surface area contributed by atoms with E-state index in [4.69, 9.17) is 17.3 Å². The molecule has 1 aromatic rings. The largest absolute Gasteiger partial charge is 0.416 e. The molecular formula is C11H13ClF3N3O. The molecule has 0 aliphatic rings. The quantitative estimate of drug-likeness (QED) is 0.839. The molecule has 8 heteroatoms. The number of carbonyl (C=O) groups excluding carboxylic acids is 1. The van der Waals surface area contributed by atoms with Crippen LogP contribution in [0.25, 0.3) is 0 Å². The zero-order valence-electron chi connectivity index (χ0n) is 10.3. The van der Waals surface area contributed by atoms with Crippen LogP contribution in [0.15, 0.2) is 12.1 Å². The Morgan fingerprint density at radius 2 is 2.00 bits per heavy atom. The topological polar surface area (TPSA) is 68.0 Å². The minimum atomic E-state index is -4.52. The van der Waals surface area contributed by atoms with Gasteiger partial charge in [-0.15, -0.1) is 0 Å². The van der Waals surface area contributed by atoms with Crippen molar-refractivity contribution in [3.63, 3.8) is 0 Å². The van der Waals surface area contributed by atoms with Gasteiger partial charge in [0, 0.05) is 12.0 Å². The Bertz CT molecular complexity index is 489. The molecule has 0 radical (unpaired) electrons. The summed E-state index contributed by atoms with van der Waals surface area (Å²) in [6.07, 6.45) is -4.57. The van der Waals surface area contributed by atoms with Gasteiger partial charge in [0.05, 0.1) is 5.56 Å². The van der Waals surface area contributed by atoms with Gasteiger partial charge in [-0.1, -0.05) is 11.6 Å². The normalized spacial score (nSPS) is 12.3. The highest BCUT2D eigenvalue weighted by Gasteiger charge is 2.32. The molecule has 1 rings (SSSR count). The van der Waals surface area contributed by atoms with E-state index in [2.05, 4.69) is 10.3 Å². The van der Waals surface area contributed by atoms with Gasteiger partial charge in [0.2, 0.25) is 5.91 Å². The number of aromatic nitrogens is 1. The van der Waals surface area contributed by atoms with Crippen LogP contribution in [0.5, 0.6) is 0 Å². The SMILES string of the molecule is CC(C)(CC(N)=O)Nc1cc(C(F)(F)F)cc(Cl)n1. The molecular weight excluding hydrogens is 283 g/mol. The maximum absolute atomic E-state index is 12.6. The van der Waals surface area contributed by atoms with Crippen molar-refractivity contribution in [2.45, 2.75) is 32.0 Å². The Morgan fingerprint density at radius 3 is 2.47 bits per heavy atom. The maximum Gasteiger partial charge on any atom is 0.416 e. The highest BCUT2D eigenvalue weighted by molar-refractivity contribution is 6.29. The van der Waals surface area contributed by atoms with Gasteiger partial charge < -0.3 is 11.1 Å². The van der Waals surface area contributed by atoms with Gasteiger partial charge in [-0.2, -0.15) is 13.2 Å². The molecule has 4 nitrogen and oxygen atoms in total. The molecule has 1 aromatic heterocycles. The van der Waals surface area contributed by atoms with Crippen LogP contribution in [0.4, 0.5) is 19.0 Å². The molecule has 0 aliphatic carbocycles. The molecule has 0 unspecified atom stereocenters. The minimum absolute atomic E-state index is 0.0530. The van der Waals surface area contributed by atoms with Crippen LogP contribution in [0, 0.1) is 0 Å². The van der Waals surface area contributed by atoms with Crippen LogP contribution >= 0.6 is 11.6 Å². The second kappa shape index (κ2) is 5.24. The fourth-order valence-electron chi connectivity index (χ4n) is 1.55. The number of carbonyl (C=O) groups is 1. The number of anilines is 1. The Labute approximate surface area is 113 Å². The second-order valence-corrected chi connectivity index (χ2v) is 5.10. The van der Waals surface area contributed by atoms with E-state index in [0.717, 1.165) is 12.1 Å². The zero-order valence-corrected chi connectivity index (χ0v) is 11.1. The standard InChI is InChI=1S/C11H13ClF3N3O/c1-10(2,5-8(16)19)18-9-4-6(11(13,14)15)3-7(12)17-9/h3-4H,5H2,1-2H3,(H2,16,19)(H,17,18). The lowest BCUT2D eigenvalue weighted by molar-refractivity contribution is -0.137. The van der Waals surface area contributed by atoms with E-state index in [0.29, 0.717) is 0 Å². The molecule has 106 valence electrons. The molecule has 1 amide bonds. The van der Waals surface area contributed by atoms with Crippen molar-refractivity contribution in [1.29, 1.82) is 0 Å². The summed E-state index contributed by atoms with van der Waals surface area (Å²) in [4.78, 5) is 14.6. The van der Waals surface area contributed by atoms with Gasteiger partial charge in [-0.05, 0) is 26.0 Å². The Hall–Kier alpha value is -1.50. The number of hydrogen-bond donors (Lipinski definition) is 2. The number of halogens is 4. The molecule has 0 bridgehead atoms. The molecule has 0 fully saturated rings. The predicted molar refractivity (Wildman–Crippen MR) is 65.8 cm³/mol. The third kappa shape index (κ3) is 4.94. The van der Waals surface area contributed by atoms with Crippen molar-refractivity contribution in [2.75, 3.05) is 5.32 Å². The van der Waals surface area contributed by atoms with Crippen molar-refractivity contribution in [1.82, 2.24) is 4.98 Å². The summed E-state index contributed by atoms with van der Waals surface area (Å²) in [5.74, 6) is -0.637. The number of primary amides is 1. The first-order chi connectivity index (χ1) is 8.49. The van der Waals surface area contributed by atoms with Crippen molar-refractivity contribution in [3.8, 4) is 0 Å². The van der Waals surface area contributed by atoms with Crippen LogP contribution in [0.2, 0.25) is 5.15 Å². The lowest BCUT2D eigenvalue weighted by Gasteiger charge is -2.25. The molecule has 0 aliphatic heterocycles. The van der Waals surface area contributed by atoms with Crippen molar-refractivity contribution in [2.24, 2.45) is 5.73 Å². The van der Waals surface area contributed by atoms with Crippen LogP contribution in [-0.4, -0.2) is 16.4 Å². The smallest absolute Gasteiger partial charge is 0.370 e. The fraction of sp³-hybridized carbons (Fsp3) is 0.455. The zero-order chi connectivity index (χ0) is 14.8. The van der Waals surface area contributed by atoms with Gasteiger partial charge in [-0.3, -0.25) is 4.79 Å². The third-order valence-corrected chi connectivity index (χ3v) is 2.40. The summed E-state index contributed by atoms with van der Waals surface area (Å²) in [5.41, 5.74) is 3.32. The average molecular weight is 296 g/mol. The number of hydrogen-bond acceptors (Lipinski definition) is 3. The molecule has 0 spiro atoms. The molecule has 0 saturated heterocycles. The molecule has 3 N–H and O–H groups in total. The van der Waals surface area contributed by atoms with Crippen LogP contribution in [-0.2, 0) is 11.0 Å². The predicted octanol–water partition coefficient (Wildman–Crippen LogP) is 2.82. The summed E-state index contributed by atoms with van der Waals surface area (Å²) in [7, 11) is 0. The lowest BCUT2D eigenvalue weighted by atomic mass is 10.0. The number of nitrogens with two attached hydrogens (primary N) is 1. The molecule has 1 heterocycles. The lowest BCUT2D eigenvalue weighted by Crippen LogP contribution is -2.36. The molecule has 0 atom stereocenters. The van der Waals surface area contributed by atoms with Gasteiger partial charge in [0.1, 0.15) is 11.0 Å². The van der Waals surface area contributed by atoms with Crippen molar-refractivity contribution in [3.05, 3.63) is 22.8 Å². The van der Waals surface area contributed by atoms with Gasteiger partial charge in [0.15, 0.2) is 0 Å². The fourth-order valence-corrected chi connectivity index (χ4v) is 1.76. The van der Waals surface area contributed by atoms with E-state index in [1.165, 1.54) is 0 Å². The minimum Gasteiger partial charge on any atom is -0.370 e. The van der Waals surface area contributed by atoms with Gasteiger partial charge in [-0.25, -0.2) is 4.98 Å². The van der Waals surface area contributed by atoms with E-state index in [9.17, 15) is 18.0 Å². The third-order valence-electron chi connectivity index (χ3n) is 2.20. The molecule has 0 saturated carbocycles. The highest BCUT2D eigenvalue weighted by atomic mass is 35.5. The average Bonchev–Trinajstić information content (AvgIpc) is 2.11.